The number of benzene rings is 1. The minimum Gasteiger partial charge on any atom is -0.278 e. The molecule has 2 heterocycles. The van der Waals surface area contributed by atoms with Crippen molar-refractivity contribution < 1.29 is 8.42 Å². The second-order valence-corrected chi connectivity index (χ2v) is 7.37. The van der Waals surface area contributed by atoms with Gasteiger partial charge in [-0.2, -0.15) is 0 Å². The Balaban J connectivity index is 2.07. The lowest BCUT2D eigenvalue weighted by atomic mass is 10.2. The van der Waals surface area contributed by atoms with Crippen molar-refractivity contribution >= 4 is 37.3 Å². The monoisotopic (exact) mass is 318 g/mol. The molecule has 0 spiro atoms. The van der Waals surface area contributed by atoms with Crippen molar-refractivity contribution in [2.45, 2.75) is 18.7 Å². The number of anilines is 1. The molecule has 0 radical (unpaired) electrons. The number of pyridine rings is 1. The van der Waals surface area contributed by atoms with Gasteiger partial charge in [-0.05, 0) is 37.6 Å². The molecule has 0 fully saturated rings. The number of nitrogens with one attached hydrogen (secondary N) is 1. The third-order valence-electron chi connectivity index (χ3n) is 3.17. The van der Waals surface area contributed by atoms with E-state index < -0.39 is 10.0 Å². The van der Waals surface area contributed by atoms with Crippen LogP contribution >= 0.6 is 11.3 Å². The summed E-state index contributed by atoms with van der Waals surface area (Å²) in [5, 5.41) is 2.66. The number of nitrogens with zero attached hydrogens (tertiary/aromatic N) is 1. The molecule has 0 saturated carbocycles. The van der Waals surface area contributed by atoms with Gasteiger partial charge in [0.25, 0.3) is 10.0 Å². The molecule has 3 aromatic rings. The minimum atomic E-state index is -3.57. The van der Waals surface area contributed by atoms with E-state index in [4.69, 9.17) is 0 Å². The van der Waals surface area contributed by atoms with E-state index in [9.17, 15) is 8.42 Å². The van der Waals surface area contributed by atoms with Crippen LogP contribution in [0.4, 0.5) is 5.69 Å². The van der Waals surface area contributed by atoms with Crippen molar-refractivity contribution in [3.8, 4) is 0 Å². The number of aryl methyl sites for hydroxylation is 2. The summed E-state index contributed by atoms with van der Waals surface area (Å²) in [6, 6.07) is 10.3. The van der Waals surface area contributed by atoms with E-state index in [-0.39, 0.29) is 4.90 Å². The molecule has 2 aromatic heterocycles. The largest absolute Gasteiger partial charge is 0.278 e. The van der Waals surface area contributed by atoms with E-state index >= 15 is 0 Å². The van der Waals surface area contributed by atoms with E-state index in [1.807, 2.05) is 19.9 Å². The Labute approximate surface area is 127 Å². The molecule has 0 aliphatic heterocycles. The molecular weight excluding hydrogens is 304 g/mol. The fourth-order valence-corrected chi connectivity index (χ4v) is 4.42. The second kappa shape index (κ2) is 5.13. The number of thiophene rings is 1. The van der Waals surface area contributed by atoms with Crippen molar-refractivity contribution in [3.63, 3.8) is 0 Å². The third-order valence-corrected chi connectivity index (χ3v) is 5.42. The normalized spacial score (nSPS) is 11.7. The smallest absolute Gasteiger partial charge is 0.261 e. The van der Waals surface area contributed by atoms with Crippen LogP contribution in [0.15, 0.2) is 46.7 Å². The van der Waals surface area contributed by atoms with E-state index in [0.717, 1.165) is 21.5 Å². The van der Waals surface area contributed by atoms with Gasteiger partial charge < -0.3 is 0 Å². The first-order chi connectivity index (χ1) is 9.97. The number of rotatable bonds is 3. The average molecular weight is 318 g/mol. The van der Waals surface area contributed by atoms with Gasteiger partial charge in [0.05, 0.1) is 10.6 Å². The second-order valence-electron chi connectivity index (χ2n) is 4.83. The predicted octanol–water partition coefficient (Wildman–Crippen LogP) is 3.71. The zero-order chi connectivity index (χ0) is 15.0. The third kappa shape index (κ3) is 2.64. The lowest BCUT2D eigenvalue weighted by molar-refractivity contribution is 0.601. The number of hydrogen-bond donors (Lipinski definition) is 1. The summed E-state index contributed by atoms with van der Waals surface area (Å²) < 4.78 is 27.4. The maximum absolute atomic E-state index is 12.4. The number of fused-ring (bicyclic) bond motifs is 1. The van der Waals surface area contributed by atoms with E-state index in [1.54, 1.807) is 35.7 Å². The van der Waals surface area contributed by atoms with Gasteiger partial charge in [0.2, 0.25) is 0 Å². The first kappa shape index (κ1) is 14.0. The van der Waals surface area contributed by atoms with E-state index in [2.05, 4.69) is 9.71 Å². The van der Waals surface area contributed by atoms with Gasteiger partial charge in [-0.25, -0.2) is 13.4 Å². The van der Waals surface area contributed by atoms with Crippen LogP contribution in [0.2, 0.25) is 0 Å². The van der Waals surface area contributed by atoms with Crippen LogP contribution in [0.3, 0.4) is 0 Å². The van der Waals surface area contributed by atoms with Crippen molar-refractivity contribution in [2.24, 2.45) is 0 Å². The first-order valence-electron chi connectivity index (χ1n) is 6.41. The standard InChI is InChI=1S/C15H14N2O2S2/c1-10-8-11(2)16-15-14(10)13(9-20-15)17-21(18,19)12-6-4-3-5-7-12/h3-9,17H,1-2H3. The van der Waals surface area contributed by atoms with E-state index in [0.29, 0.717) is 5.69 Å². The first-order valence-corrected chi connectivity index (χ1v) is 8.77. The average Bonchev–Trinajstić information content (AvgIpc) is 2.82. The molecule has 0 atom stereocenters. The lowest BCUT2D eigenvalue weighted by Gasteiger charge is -2.08. The number of hydrogen-bond acceptors (Lipinski definition) is 4. The van der Waals surface area contributed by atoms with Crippen LogP contribution in [-0.4, -0.2) is 13.4 Å². The Morgan fingerprint density at radius 2 is 1.86 bits per heavy atom. The summed E-state index contributed by atoms with van der Waals surface area (Å²) in [5.41, 5.74) is 2.53. The van der Waals surface area contributed by atoms with Gasteiger partial charge in [0.1, 0.15) is 4.83 Å². The number of sulfonamides is 1. The highest BCUT2D eigenvalue weighted by molar-refractivity contribution is 7.92. The van der Waals surface area contributed by atoms with Crippen LogP contribution < -0.4 is 4.72 Å². The number of aromatic nitrogens is 1. The highest BCUT2D eigenvalue weighted by Crippen LogP contribution is 2.33. The fourth-order valence-electron chi connectivity index (χ4n) is 2.27. The zero-order valence-electron chi connectivity index (χ0n) is 11.6. The van der Waals surface area contributed by atoms with Gasteiger partial charge >= 0.3 is 0 Å². The van der Waals surface area contributed by atoms with Gasteiger partial charge in [-0.3, -0.25) is 4.72 Å². The summed E-state index contributed by atoms with van der Waals surface area (Å²) in [6.07, 6.45) is 0. The maximum atomic E-state index is 12.4. The Morgan fingerprint density at radius 3 is 2.57 bits per heavy atom. The van der Waals surface area contributed by atoms with E-state index in [1.165, 1.54) is 11.3 Å². The van der Waals surface area contributed by atoms with Crippen LogP contribution in [0.1, 0.15) is 11.3 Å². The SMILES string of the molecule is Cc1cc(C)c2c(NS(=O)(=O)c3ccccc3)csc2n1. The summed E-state index contributed by atoms with van der Waals surface area (Å²) in [7, 11) is -3.57. The Hall–Kier alpha value is -1.92. The molecule has 1 aromatic carbocycles. The van der Waals surface area contributed by atoms with Crippen molar-refractivity contribution in [2.75, 3.05) is 4.72 Å². The Morgan fingerprint density at radius 1 is 1.14 bits per heavy atom. The van der Waals surface area contributed by atoms with Crippen LogP contribution in [0, 0.1) is 13.8 Å². The van der Waals surface area contributed by atoms with Crippen LogP contribution in [0.5, 0.6) is 0 Å². The van der Waals surface area contributed by atoms with Crippen LogP contribution in [-0.2, 0) is 10.0 Å². The van der Waals surface area contributed by atoms with Gasteiger partial charge in [-0.1, -0.05) is 18.2 Å². The molecule has 0 amide bonds. The van der Waals surface area contributed by atoms with Crippen molar-refractivity contribution in [1.82, 2.24) is 4.98 Å². The molecular formula is C15H14N2O2S2. The summed E-state index contributed by atoms with van der Waals surface area (Å²) in [6.45, 7) is 3.89. The minimum absolute atomic E-state index is 0.252. The lowest BCUT2D eigenvalue weighted by Crippen LogP contribution is -2.12. The van der Waals surface area contributed by atoms with Crippen molar-refractivity contribution in [1.29, 1.82) is 0 Å². The molecule has 0 bridgehead atoms. The fraction of sp³-hybridized carbons (Fsp3) is 0.133. The molecule has 0 aliphatic carbocycles. The molecule has 0 unspecified atom stereocenters. The van der Waals surface area contributed by atoms with Gasteiger partial charge in [0.15, 0.2) is 0 Å². The van der Waals surface area contributed by atoms with Crippen LogP contribution in [0.25, 0.3) is 10.2 Å². The Kier molecular flexibility index (Phi) is 3.43. The van der Waals surface area contributed by atoms with Gasteiger partial charge in [-0.15, -0.1) is 11.3 Å². The molecule has 0 saturated heterocycles. The zero-order valence-corrected chi connectivity index (χ0v) is 13.3. The molecule has 1 N–H and O–H groups in total. The summed E-state index contributed by atoms with van der Waals surface area (Å²) in [4.78, 5) is 5.54. The van der Waals surface area contributed by atoms with Gasteiger partial charge in [0, 0.05) is 16.5 Å². The highest BCUT2D eigenvalue weighted by Gasteiger charge is 2.17. The molecule has 3 rings (SSSR count). The molecule has 108 valence electrons. The molecule has 21 heavy (non-hydrogen) atoms. The quantitative estimate of drug-likeness (QED) is 0.801. The highest BCUT2D eigenvalue weighted by atomic mass is 32.2. The maximum Gasteiger partial charge on any atom is 0.261 e. The van der Waals surface area contributed by atoms with Crippen molar-refractivity contribution in [3.05, 3.63) is 53.0 Å². The topological polar surface area (TPSA) is 59.1 Å². The summed E-state index contributed by atoms with van der Waals surface area (Å²) in [5.74, 6) is 0. The molecule has 0 aliphatic rings. The Bertz CT molecular complexity index is 900. The predicted molar refractivity (Wildman–Crippen MR) is 86.3 cm³/mol. The summed E-state index contributed by atoms with van der Waals surface area (Å²) >= 11 is 1.44. The molecule has 4 nitrogen and oxygen atoms in total. The molecule has 6 heteroatoms.